The van der Waals surface area contributed by atoms with Crippen molar-refractivity contribution in [3.8, 4) is 5.75 Å². The molecule has 1 aromatic rings. The van der Waals surface area contributed by atoms with E-state index in [0.29, 0.717) is 17.7 Å². The third kappa shape index (κ3) is 3.26. The van der Waals surface area contributed by atoms with Crippen LogP contribution in [0.2, 0.25) is 0 Å². The number of phenols is 1. The number of hydrogen-bond donors (Lipinski definition) is 1. The van der Waals surface area contributed by atoms with Gasteiger partial charge >= 0.3 is 0 Å². The molecule has 0 spiro atoms. The summed E-state index contributed by atoms with van der Waals surface area (Å²) in [5.74, 6) is 0.0933. The van der Waals surface area contributed by atoms with Crippen molar-refractivity contribution < 1.29 is 14.6 Å². The van der Waals surface area contributed by atoms with Gasteiger partial charge in [-0.25, -0.2) is 0 Å². The molecule has 19 heavy (non-hydrogen) atoms. The Bertz CT molecular complexity index is 453. The van der Waals surface area contributed by atoms with Crippen molar-refractivity contribution in [2.45, 2.75) is 32.3 Å². The Morgan fingerprint density at radius 1 is 1.47 bits per heavy atom. The minimum absolute atomic E-state index is 0.0671. The van der Waals surface area contributed by atoms with Crippen LogP contribution in [0, 0.1) is 6.92 Å². The van der Waals surface area contributed by atoms with Crippen LogP contribution in [0.4, 0.5) is 0 Å². The van der Waals surface area contributed by atoms with E-state index in [1.807, 2.05) is 0 Å². The molecule has 0 aliphatic carbocycles. The fraction of sp³-hybridized carbons (Fsp3) is 0.533. The summed E-state index contributed by atoms with van der Waals surface area (Å²) in [6.45, 7) is 3.15. The lowest BCUT2D eigenvalue weighted by Crippen LogP contribution is -2.37. The maximum absolute atomic E-state index is 12.4. The number of likely N-dealkylation sites (N-methyl/N-ethyl adjacent to an activating group) is 1. The number of rotatable bonds is 3. The van der Waals surface area contributed by atoms with Crippen LogP contribution >= 0.6 is 0 Å². The van der Waals surface area contributed by atoms with Crippen LogP contribution in [0.5, 0.6) is 5.75 Å². The number of carbonyl (C=O) groups is 1. The first-order valence-electron chi connectivity index (χ1n) is 6.75. The molecule has 4 nitrogen and oxygen atoms in total. The molecule has 2 rings (SSSR count). The van der Waals surface area contributed by atoms with E-state index in [1.165, 1.54) is 0 Å². The molecule has 0 bridgehead atoms. The van der Waals surface area contributed by atoms with Crippen LogP contribution in [0.3, 0.4) is 0 Å². The zero-order chi connectivity index (χ0) is 13.8. The molecule has 4 heteroatoms. The first kappa shape index (κ1) is 13.9. The van der Waals surface area contributed by atoms with Gasteiger partial charge in [-0.1, -0.05) is 6.07 Å². The van der Waals surface area contributed by atoms with E-state index in [2.05, 4.69) is 0 Å². The molecular formula is C15H21NO3. The molecule has 1 saturated heterocycles. The Morgan fingerprint density at radius 2 is 2.26 bits per heavy atom. The van der Waals surface area contributed by atoms with Crippen molar-refractivity contribution in [1.82, 2.24) is 4.90 Å². The Balaban J connectivity index is 2.03. The van der Waals surface area contributed by atoms with Crippen molar-refractivity contribution in [3.05, 3.63) is 29.3 Å². The second-order valence-corrected chi connectivity index (χ2v) is 5.12. The fourth-order valence-corrected chi connectivity index (χ4v) is 2.40. The smallest absolute Gasteiger partial charge is 0.254 e. The van der Waals surface area contributed by atoms with Crippen LogP contribution < -0.4 is 0 Å². The predicted octanol–water partition coefficient (Wildman–Crippen LogP) is 2.34. The molecule has 0 unspecified atom stereocenters. The molecule has 1 N–H and O–H groups in total. The molecule has 1 heterocycles. The minimum atomic E-state index is -0.0671. The van der Waals surface area contributed by atoms with Gasteiger partial charge in [-0.2, -0.15) is 0 Å². The maximum Gasteiger partial charge on any atom is 0.254 e. The molecule has 1 atom stereocenters. The van der Waals surface area contributed by atoms with E-state index in [-0.39, 0.29) is 17.8 Å². The second-order valence-electron chi connectivity index (χ2n) is 5.12. The number of aromatic hydroxyl groups is 1. The average Bonchev–Trinajstić information content (AvgIpc) is 2.42. The monoisotopic (exact) mass is 263 g/mol. The summed E-state index contributed by atoms with van der Waals surface area (Å²) in [7, 11) is 1.78. The fourth-order valence-electron chi connectivity index (χ4n) is 2.40. The average molecular weight is 263 g/mol. The highest BCUT2D eigenvalue weighted by Crippen LogP contribution is 2.21. The maximum atomic E-state index is 12.4. The summed E-state index contributed by atoms with van der Waals surface area (Å²) in [6.07, 6.45) is 3.43. The van der Waals surface area contributed by atoms with Gasteiger partial charge in [0.15, 0.2) is 0 Å². The third-order valence-corrected chi connectivity index (χ3v) is 3.63. The number of amides is 1. The molecule has 0 radical (unpaired) electrons. The van der Waals surface area contributed by atoms with Crippen molar-refractivity contribution in [1.29, 1.82) is 0 Å². The van der Waals surface area contributed by atoms with Gasteiger partial charge < -0.3 is 14.7 Å². The largest absolute Gasteiger partial charge is 0.508 e. The summed E-state index contributed by atoms with van der Waals surface area (Å²) >= 11 is 0. The molecule has 1 aromatic carbocycles. The highest BCUT2D eigenvalue weighted by atomic mass is 16.5. The lowest BCUT2D eigenvalue weighted by atomic mass is 10.1. The normalized spacial score (nSPS) is 19.2. The quantitative estimate of drug-likeness (QED) is 0.910. The molecule has 0 saturated carbocycles. The summed E-state index contributed by atoms with van der Waals surface area (Å²) < 4.78 is 5.65. The van der Waals surface area contributed by atoms with E-state index < -0.39 is 0 Å². The van der Waals surface area contributed by atoms with Crippen molar-refractivity contribution in [3.63, 3.8) is 0 Å². The Hall–Kier alpha value is -1.55. The Kier molecular flexibility index (Phi) is 4.43. The number of carbonyl (C=O) groups excluding carboxylic acids is 1. The number of hydrogen-bond acceptors (Lipinski definition) is 3. The van der Waals surface area contributed by atoms with Gasteiger partial charge in [-0.3, -0.25) is 4.79 Å². The number of benzene rings is 1. The van der Waals surface area contributed by atoms with E-state index in [9.17, 15) is 9.90 Å². The van der Waals surface area contributed by atoms with Gasteiger partial charge in [0.2, 0.25) is 0 Å². The molecule has 1 fully saturated rings. The van der Waals surface area contributed by atoms with Gasteiger partial charge in [0.05, 0.1) is 6.10 Å². The van der Waals surface area contributed by atoms with Crippen LogP contribution in [-0.2, 0) is 4.74 Å². The highest BCUT2D eigenvalue weighted by molar-refractivity contribution is 5.96. The molecule has 1 aliphatic rings. The topological polar surface area (TPSA) is 49.8 Å². The minimum Gasteiger partial charge on any atom is -0.508 e. The van der Waals surface area contributed by atoms with Gasteiger partial charge in [0, 0.05) is 31.3 Å². The van der Waals surface area contributed by atoms with E-state index in [0.717, 1.165) is 25.9 Å². The van der Waals surface area contributed by atoms with Gasteiger partial charge in [0.25, 0.3) is 5.91 Å². The summed E-state index contributed by atoms with van der Waals surface area (Å²) in [5, 5.41) is 9.66. The Morgan fingerprint density at radius 3 is 2.95 bits per heavy atom. The SMILES string of the molecule is Cc1c(O)cccc1C(=O)N(C)C[C@@H]1CCCCO1. The van der Waals surface area contributed by atoms with Gasteiger partial charge in [-0.05, 0) is 38.3 Å². The first-order valence-corrected chi connectivity index (χ1v) is 6.75. The third-order valence-electron chi connectivity index (χ3n) is 3.63. The first-order chi connectivity index (χ1) is 9.09. The second kappa shape index (κ2) is 6.06. The highest BCUT2D eigenvalue weighted by Gasteiger charge is 2.21. The number of phenolic OH excluding ortho intramolecular Hbond substituents is 1. The zero-order valence-electron chi connectivity index (χ0n) is 11.6. The van der Waals surface area contributed by atoms with E-state index in [4.69, 9.17) is 4.74 Å². The summed E-state index contributed by atoms with van der Waals surface area (Å²) in [4.78, 5) is 14.0. The van der Waals surface area contributed by atoms with Crippen molar-refractivity contribution >= 4 is 5.91 Å². The van der Waals surface area contributed by atoms with Crippen LogP contribution in [0.1, 0.15) is 35.2 Å². The predicted molar refractivity (Wildman–Crippen MR) is 73.4 cm³/mol. The lowest BCUT2D eigenvalue weighted by Gasteiger charge is -2.27. The number of nitrogens with zero attached hydrogens (tertiary/aromatic N) is 1. The van der Waals surface area contributed by atoms with Crippen LogP contribution in [-0.4, -0.2) is 42.2 Å². The Labute approximate surface area is 114 Å². The molecule has 1 aliphatic heterocycles. The van der Waals surface area contributed by atoms with Crippen LogP contribution in [0.25, 0.3) is 0 Å². The summed E-state index contributed by atoms with van der Waals surface area (Å²) in [5.41, 5.74) is 1.18. The van der Waals surface area contributed by atoms with E-state index in [1.54, 1.807) is 37.1 Å². The summed E-state index contributed by atoms with van der Waals surface area (Å²) in [6, 6.07) is 5.03. The molecule has 0 aromatic heterocycles. The molecule has 1 amide bonds. The van der Waals surface area contributed by atoms with Crippen molar-refractivity contribution in [2.75, 3.05) is 20.2 Å². The standard InChI is InChI=1S/C15H21NO3/c1-11-13(7-5-8-14(11)17)15(18)16(2)10-12-6-3-4-9-19-12/h5,7-8,12,17H,3-4,6,9-10H2,1-2H3/t12-/m0/s1. The molecular weight excluding hydrogens is 242 g/mol. The molecule has 104 valence electrons. The van der Waals surface area contributed by atoms with Crippen molar-refractivity contribution in [2.24, 2.45) is 0 Å². The van der Waals surface area contributed by atoms with Gasteiger partial charge in [0.1, 0.15) is 5.75 Å². The lowest BCUT2D eigenvalue weighted by molar-refractivity contribution is -0.000206. The van der Waals surface area contributed by atoms with Crippen LogP contribution in [0.15, 0.2) is 18.2 Å². The van der Waals surface area contributed by atoms with E-state index >= 15 is 0 Å². The number of ether oxygens (including phenoxy) is 1. The zero-order valence-corrected chi connectivity index (χ0v) is 11.6. The van der Waals surface area contributed by atoms with Gasteiger partial charge in [-0.15, -0.1) is 0 Å².